The number of anilines is 1. The van der Waals surface area contributed by atoms with Crippen molar-refractivity contribution in [2.24, 2.45) is 0 Å². The SMILES string of the molecule is O=S(=O)(NC1Cc2cc(Cl)ccc2N(Cc2ccccc2)C1)c1ccc(Br)cc1. The van der Waals surface area contributed by atoms with E-state index in [1.807, 2.05) is 36.4 Å². The van der Waals surface area contributed by atoms with Gasteiger partial charge in [0.1, 0.15) is 0 Å². The van der Waals surface area contributed by atoms with E-state index in [-0.39, 0.29) is 10.9 Å². The molecule has 0 fully saturated rings. The number of nitrogens with zero attached hydrogens (tertiary/aromatic N) is 1. The van der Waals surface area contributed by atoms with Gasteiger partial charge in [0.15, 0.2) is 0 Å². The monoisotopic (exact) mass is 490 g/mol. The van der Waals surface area contributed by atoms with Crippen LogP contribution in [0, 0.1) is 0 Å². The fourth-order valence-electron chi connectivity index (χ4n) is 3.65. The van der Waals surface area contributed by atoms with Crippen LogP contribution in [0.25, 0.3) is 0 Å². The lowest BCUT2D eigenvalue weighted by Gasteiger charge is -2.36. The van der Waals surface area contributed by atoms with E-state index in [4.69, 9.17) is 11.6 Å². The van der Waals surface area contributed by atoms with Crippen LogP contribution >= 0.6 is 27.5 Å². The van der Waals surface area contributed by atoms with Gasteiger partial charge in [-0.25, -0.2) is 13.1 Å². The standard InChI is InChI=1S/C22H20BrClN2O2S/c23-18-6-9-21(10-7-18)29(27,28)25-20-13-17-12-19(24)8-11-22(17)26(15-20)14-16-4-2-1-3-5-16/h1-12,20,25H,13-15H2. The van der Waals surface area contributed by atoms with Crippen molar-refractivity contribution in [3.8, 4) is 0 Å². The first-order valence-electron chi connectivity index (χ1n) is 9.26. The molecule has 1 heterocycles. The zero-order valence-electron chi connectivity index (χ0n) is 15.6. The highest BCUT2D eigenvalue weighted by atomic mass is 79.9. The zero-order valence-corrected chi connectivity index (χ0v) is 18.7. The Labute approximate surface area is 184 Å². The first-order chi connectivity index (χ1) is 13.9. The van der Waals surface area contributed by atoms with Gasteiger partial charge in [-0.3, -0.25) is 0 Å². The first-order valence-corrected chi connectivity index (χ1v) is 11.9. The molecule has 1 N–H and O–H groups in total. The van der Waals surface area contributed by atoms with Crippen molar-refractivity contribution in [2.75, 3.05) is 11.4 Å². The molecule has 0 aliphatic carbocycles. The van der Waals surface area contributed by atoms with Crippen LogP contribution in [0.15, 0.2) is 82.2 Å². The highest BCUT2D eigenvalue weighted by molar-refractivity contribution is 9.10. The molecule has 7 heteroatoms. The lowest BCUT2D eigenvalue weighted by Crippen LogP contribution is -2.48. The maximum Gasteiger partial charge on any atom is 0.240 e. The van der Waals surface area contributed by atoms with E-state index in [0.717, 1.165) is 15.7 Å². The second-order valence-corrected chi connectivity index (χ2v) is 10.2. The minimum Gasteiger partial charge on any atom is -0.365 e. The van der Waals surface area contributed by atoms with E-state index in [2.05, 4.69) is 37.7 Å². The van der Waals surface area contributed by atoms with Gasteiger partial charge in [-0.2, -0.15) is 0 Å². The molecule has 29 heavy (non-hydrogen) atoms. The Bertz CT molecular complexity index is 1110. The third kappa shape index (κ3) is 4.83. The molecule has 0 aromatic heterocycles. The van der Waals surface area contributed by atoms with Gasteiger partial charge in [-0.15, -0.1) is 0 Å². The minimum atomic E-state index is -3.62. The summed E-state index contributed by atoms with van der Waals surface area (Å²) in [5.74, 6) is 0. The highest BCUT2D eigenvalue weighted by Crippen LogP contribution is 2.31. The van der Waals surface area contributed by atoms with Gasteiger partial charge in [-0.05, 0) is 60.0 Å². The van der Waals surface area contributed by atoms with Gasteiger partial charge in [0.05, 0.1) is 4.90 Å². The Morgan fingerprint density at radius 3 is 2.48 bits per heavy atom. The lowest BCUT2D eigenvalue weighted by molar-refractivity contribution is 0.524. The molecule has 0 amide bonds. The fourth-order valence-corrected chi connectivity index (χ4v) is 5.34. The predicted molar refractivity (Wildman–Crippen MR) is 121 cm³/mol. The van der Waals surface area contributed by atoms with Crippen molar-refractivity contribution in [3.63, 3.8) is 0 Å². The number of rotatable bonds is 5. The van der Waals surface area contributed by atoms with Gasteiger partial charge in [0.2, 0.25) is 10.0 Å². The van der Waals surface area contributed by atoms with E-state index in [0.29, 0.717) is 24.5 Å². The number of fused-ring (bicyclic) bond motifs is 1. The summed E-state index contributed by atoms with van der Waals surface area (Å²) in [5, 5.41) is 0.653. The van der Waals surface area contributed by atoms with Crippen LogP contribution < -0.4 is 9.62 Å². The average molecular weight is 492 g/mol. The van der Waals surface area contributed by atoms with E-state index in [1.165, 1.54) is 5.56 Å². The molecule has 4 rings (SSSR count). The highest BCUT2D eigenvalue weighted by Gasteiger charge is 2.28. The molecular weight excluding hydrogens is 472 g/mol. The number of sulfonamides is 1. The van der Waals surface area contributed by atoms with Crippen LogP contribution in [0.4, 0.5) is 5.69 Å². The minimum absolute atomic E-state index is 0.252. The molecule has 3 aromatic carbocycles. The Kier molecular flexibility index (Phi) is 5.97. The predicted octanol–water partition coefficient (Wildman–Crippen LogP) is 5.01. The summed E-state index contributed by atoms with van der Waals surface area (Å²) in [5.41, 5.74) is 3.31. The van der Waals surface area contributed by atoms with Crippen LogP contribution in [0.5, 0.6) is 0 Å². The van der Waals surface area contributed by atoms with E-state index >= 15 is 0 Å². The normalized spacial score (nSPS) is 16.5. The van der Waals surface area contributed by atoms with Gasteiger partial charge in [0, 0.05) is 34.3 Å². The molecule has 1 atom stereocenters. The summed E-state index contributed by atoms with van der Waals surface area (Å²) in [6.07, 6.45) is 0.594. The maximum absolute atomic E-state index is 12.9. The Balaban J connectivity index is 1.61. The largest absolute Gasteiger partial charge is 0.365 e. The third-order valence-electron chi connectivity index (χ3n) is 4.95. The summed E-state index contributed by atoms with van der Waals surface area (Å²) in [6, 6.07) is 22.4. The summed E-state index contributed by atoms with van der Waals surface area (Å²) < 4.78 is 29.5. The van der Waals surface area contributed by atoms with E-state index < -0.39 is 10.0 Å². The number of halogens is 2. The first kappa shape index (κ1) is 20.4. The molecule has 0 saturated heterocycles. The van der Waals surface area contributed by atoms with Crippen molar-refractivity contribution in [3.05, 3.63) is 93.4 Å². The average Bonchev–Trinajstić information content (AvgIpc) is 2.68. The third-order valence-corrected chi connectivity index (χ3v) is 7.25. The van der Waals surface area contributed by atoms with Gasteiger partial charge in [0.25, 0.3) is 0 Å². The summed E-state index contributed by atoms with van der Waals surface area (Å²) >= 11 is 9.55. The molecule has 0 spiro atoms. The number of benzene rings is 3. The topological polar surface area (TPSA) is 49.4 Å². The quantitative estimate of drug-likeness (QED) is 0.546. The van der Waals surface area contributed by atoms with Crippen LogP contribution in [-0.4, -0.2) is 21.0 Å². The second kappa shape index (κ2) is 8.48. The summed E-state index contributed by atoms with van der Waals surface area (Å²) in [4.78, 5) is 2.46. The van der Waals surface area contributed by atoms with Crippen LogP contribution in [0.2, 0.25) is 5.02 Å². The van der Waals surface area contributed by atoms with Gasteiger partial charge in [-0.1, -0.05) is 57.9 Å². The van der Waals surface area contributed by atoms with Gasteiger partial charge < -0.3 is 4.90 Å². The molecule has 1 aliphatic rings. The van der Waals surface area contributed by atoms with Gasteiger partial charge >= 0.3 is 0 Å². The number of hydrogen-bond donors (Lipinski definition) is 1. The Morgan fingerprint density at radius 1 is 1.03 bits per heavy atom. The Morgan fingerprint density at radius 2 is 1.76 bits per heavy atom. The molecule has 0 radical (unpaired) electrons. The van der Waals surface area contributed by atoms with Crippen LogP contribution in [0.3, 0.4) is 0 Å². The van der Waals surface area contributed by atoms with Crippen molar-refractivity contribution >= 4 is 43.2 Å². The van der Waals surface area contributed by atoms with Crippen molar-refractivity contribution in [1.82, 2.24) is 4.72 Å². The van der Waals surface area contributed by atoms with Crippen LogP contribution in [0.1, 0.15) is 11.1 Å². The smallest absolute Gasteiger partial charge is 0.240 e. The molecule has 0 saturated carbocycles. The molecule has 3 aromatic rings. The molecule has 0 bridgehead atoms. The lowest BCUT2D eigenvalue weighted by atomic mass is 9.98. The molecule has 150 valence electrons. The molecule has 1 unspecified atom stereocenters. The van der Waals surface area contributed by atoms with Crippen molar-refractivity contribution in [1.29, 1.82) is 0 Å². The second-order valence-electron chi connectivity index (χ2n) is 7.12. The molecular formula is C22H20BrClN2O2S. The van der Waals surface area contributed by atoms with Crippen LogP contribution in [-0.2, 0) is 23.0 Å². The van der Waals surface area contributed by atoms with Crippen molar-refractivity contribution in [2.45, 2.75) is 23.9 Å². The molecule has 4 nitrogen and oxygen atoms in total. The maximum atomic E-state index is 12.9. The number of nitrogens with one attached hydrogen (secondary N) is 1. The zero-order chi connectivity index (χ0) is 20.4. The summed E-state index contributed by atoms with van der Waals surface area (Å²) in [6.45, 7) is 1.28. The summed E-state index contributed by atoms with van der Waals surface area (Å²) in [7, 11) is -3.62. The van der Waals surface area contributed by atoms with Crippen molar-refractivity contribution < 1.29 is 8.42 Å². The van der Waals surface area contributed by atoms with E-state index in [1.54, 1.807) is 24.3 Å². The fraction of sp³-hybridized carbons (Fsp3) is 0.182. The Hall–Kier alpha value is -1.86. The van der Waals surface area contributed by atoms with E-state index in [9.17, 15) is 8.42 Å². The molecule has 1 aliphatic heterocycles. The number of hydrogen-bond acceptors (Lipinski definition) is 3.